The molecule has 0 bridgehead atoms. The number of nitrogen functional groups attached to an aromatic ring is 2. The first-order chi connectivity index (χ1) is 33.0. The number of likely N-dealkylation sites (tertiary alicyclic amines) is 2. The molecule has 2 amide bonds. The van der Waals surface area contributed by atoms with Crippen molar-refractivity contribution in [3.63, 3.8) is 0 Å². The molecule has 4 N–H and O–H groups in total. The summed E-state index contributed by atoms with van der Waals surface area (Å²) >= 11 is 0. The normalized spacial score (nSPS) is 18.4. The summed E-state index contributed by atoms with van der Waals surface area (Å²) in [5.74, 6) is -0.358. The van der Waals surface area contributed by atoms with Crippen molar-refractivity contribution >= 4 is 47.1 Å². The highest BCUT2D eigenvalue weighted by Crippen LogP contribution is 2.35. The molecule has 7 aromatic rings. The summed E-state index contributed by atoms with van der Waals surface area (Å²) in [5.41, 5.74) is 18.8. The molecule has 0 unspecified atom stereocenters. The Labute approximate surface area is 397 Å². The molecule has 6 aromatic heterocycles. The number of rotatable bonds is 8. The Morgan fingerprint density at radius 3 is 1.54 bits per heavy atom. The van der Waals surface area contributed by atoms with Crippen molar-refractivity contribution in [2.75, 3.05) is 38.8 Å². The number of carbonyl (C=O) groups excluding carboxylic acids is 4. The van der Waals surface area contributed by atoms with Crippen LogP contribution in [0.2, 0.25) is 0 Å². The summed E-state index contributed by atoms with van der Waals surface area (Å²) in [7, 11) is 6.32. The van der Waals surface area contributed by atoms with Crippen molar-refractivity contribution in [3.8, 4) is 22.3 Å². The van der Waals surface area contributed by atoms with Gasteiger partial charge in [0.15, 0.2) is 11.3 Å². The van der Waals surface area contributed by atoms with Gasteiger partial charge >= 0.3 is 24.1 Å². The standard InChI is InChI=1S/C25H27N7O4.C22H29N7O4/c1-30-13-18(11-27-30)19-12-28-32-22(26)10-20(29-23(19)32)17-8-9-21(24(33)35-2)31(14-17)25(34)36-15-16-6-4-3-5-7-16;1-22(2,3)33-21(31)28-12-13(6-7-17(28)20(30)32-5)16-8-18(23)29-19(26-16)15(10-25-29)14-9-24-27(4)11-14/h3-7,10-13,17,21H,8-9,14-15,26H2,1-2H3;8-11,13,17H,6-7,12,23H2,1-5H3/t17-,21-;13-,17-/m00/s1. The average molecular weight is 945 g/mol. The maximum absolute atomic E-state index is 13.1. The highest BCUT2D eigenvalue weighted by Gasteiger charge is 2.41. The number of aryl methyl sites for hydroxylation is 2. The van der Waals surface area contributed by atoms with Crippen LogP contribution >= 0.6 is 0 Å². The minimum Gasteiger partial charge on any atom is -0.467 e. The SMILES string of the molecule is COC(=O)[C@@H]1CC[C@H](c2cc(N)n3ncc(-c4cnn(C)c4)c3n2)CN1C(=O)OC(C)(C)C.COC(=O)[C@@H]1CC[C@H](c2cc(N)n3ncc(-c4cnn(C)c4)c3n2)CN1C(=O)OCc1ccccc1. The molecule has 0 spiro atoms. The van der Waals surface area contributed by atoms with E-state index >= 15 is 0 Å². The van der Waals surface area contributed by atoms with E-state index in [9.17, 15) is 19.2 Å². The van der Waals surface area contributed by atoms with Crippen LogP contribution in [0.4, 0.5) is 21.2 Å². The minimum absolute atomic E-state index is 0.107. The number of esters is 2. The summed E-state index contributed by atoms with van der Waals surface area (Å²) in [6.45, 7) is 5.97. The number of anilines is 2. The predicted molar refractivity (Wildman–Crippen MR) is 251 cm³/mol. The van der Waals surface area contributed by atoms with Crippen molar-refractivity contribution in [2.24, 2.45) is 14.1 Å². The van der Waals surface area contributed by atoms with Gasteiger partial charge in [-0.1, -0.05) is 30.3 Å². The van der Waals surface area contributed by atoms with Gasteiger partial charge in [0.1, 0.15) is 35.9 Å². The van der Waals surface area contributed by atoms with Crippen LogP contribution < -0.4 is 11.5 Å². The molecule has 1 aromatic carbocycles. The van der Waals surface area contributed by atoms with Crippen molar-refractivity contribution in [2.45, 2.75) is 82.6 Å². The van der Waals surface area contributed by atoms with E-state index in [1.807, 2.05) is 56.8 Å². The van der Waals surface area contributed by atoms with E-state index in [1.165, 1.54) is 24.0 Å². The lowest BCUT2D eigenvalue weighted by Crippen LogP contribution is -2.52. The Morgan fingerprint density at radius 2 is 1.12 bits per heavy atom. The third-order valence-electron chi connectivity index (χ3n) is 12.1. The highest BCUT2D eigenvalue weighted by molar-refractivity contribution is 5.83. The van der Waals surface area contributed by atoms with E-state index in [0.717, 1.165) is 39.2 Å². The molecule has 2 aliphatic heterocycles. The molecule has 0 aliphatic carbocycles. The lowest BCUT2D eigenvalue weighted by molar-refractivity contribution is -0.148. The lowest BCUT2D eigenvalue weighted by Gasteiger charge is -2.38. The van der Waals surface area contributed by atoms with Gasteiger partial charge in [-0.3, -0.25) is 19.2 Å². The van der Waals surface area contributed by atoms with Gasteiger partial charge < -0.3 is 30.4 Å². The first-order valence-electron chi connectivity index (χ1n) is 22.4. The van der Waals surface area contributed by atoms with Crippen LogP contribution in [-0.4, -0.2) is 128 Å². The fraction of sp³-hybridized carbons (Fsp3) is 0.404. The number of methoxy groups -OCH3 is 2. The van der Waals surface area contributed by atoms with Crippen LogP contribution in [0.25, 0.3) is 33.5 Å². The largest absolute Gasteiger partial charge is 0.467 e. The molecule has 8 heterocycles. The van der Waals surface area contributed by atoms with E-state index < -0.39 is 41.8 Å². The number of piperidine rings is 2. The topological polar surface area (TPSA) is 260 Å². The van der Waals surface area contributed by atoms with Gasteiger partial charge in [-0.15, -0.1) is 0 Å². The van der Waals surface area contributed by atoms with Gasteiger partial charge in [0.2, 0.25) is 0 Å². The third kappa shape index (κ3) is 10.3. The van der Waals surface area contributed by atoms with Crippen LogP contribution in [0, 0.1) is 0 Å². The molecular weight excluding hydrogens is 889 g/mol. The van der Waals surface area contributed by atoms with Gasteiger partial charge in [0.25, 0.3) is 0 Å². The molecular formula is C47H56N14O8. The zero-order chi connectivity index (χ0) is 49.1. The van der Waals surface area contributed by atoms with Crippen LogP contribution in [0.5, 0.6) is 0 Å². The van der Waals surface area contributed by atoms with E-state index in [4.69, 9.17) is 40.4 Å². The van der Waals surface area contributed by atoms with Gasteiger partial charge in [-0.05, 0) is 52.0 Å². The van der Waals surface area contributed by atoms with Gasteiger partial charge in [0, 0.05) is 85.8 Å². The summed E-state index contributed by atoms with van der Waals surface area (Å²) < 4.78 is 27.6. The van der Waals surface area contributed by atoms with Crippen LogP contribution in [0.3, 0.4) is 0 Å². The van der Waals surface area contributed by atoms with E-state index in [0.29, 0.717) is 48.6 Å². The maximum atomic E-state index is 13.1. The summed E-state index contributed by atoms with van der Waals surface area (Å²) in [5, 5.41) is 17.2. The number of fused-ring (bicyclic) bond motifs is 2. The fourth-order valence-electron chi connectivity index (χ4n) is 8.67. The Morgan fingerprint density at radius 1 is 0.652 bits per heavy atom. The van der Waals surface area contributed by atoms with Crippen molar-refractivity contribution in [3.05, 3.63) is 96.6 Å². The zero-order valence-electron chi connectivity index (χ0n) is 39.6. The summed E-state index contributed by atoms with van der Waals surface area (Å²) in [6.07, 6.45) is 11.6. The quantitative estimate of drug-likeness (QED) is 0.148. The first kappa shape index (κ1) is 47.5. The number of ether oxygens (including phenoxy) is 4. The molecule has 2 fully saturated rings. The molecule has 69 heavy (non-hydrogen) atoms. The lowest BCUT2D eigenvalue weighted by atomic mass is 9.90. The zero-order valence-corrected chi connectivity index (χ0v) is 39.6. The van der Waals surface area contributed by atoms with E-state index in [2.05, 4.69) is 20.4 Å². The number of carbonyl (C=O) groups is 4. The second-order valence-corrected chi connectivity index (χ2v) is 18.1. The Bertz CT molecular complexity index is 2990. The molecule has 362 valence electrons. The number of nitrogens with two attached hydrogens (primary N) is 2. The Hall–Kier alpha value is -8.04. The smallest absolute Gasteiger partial charge is 0.411 e. The van der Waals surface area contributed by atoms with Gasteiger partial charge in [0.05, 0.1) is 50.4 Å². The van der Waals surface area contributed by atoms with Crippen LogP contribution in [-0.2, 0) is 49.2 Å². The van der Waals surface area contributed by atoms with Crippen molar-refractivity contribution in [1.29, 1.82) is 0 Å². The molecule has 2 aliphatic rings. The third-order valence-corrected chi connectivity index (χ3v) is 12.1. The van der Waals surface area contributed by atoms with E-state index in [-0.39, 0.29) is 31.5 Å². The summed E-state index contributed by atoms with van der Waals surface area (Å²) in [4.78, 5) is 63.4. The molecule has 2 saturated heterocycles. The highest BCUT2D eigenvalue weighted by atomic mass is 16.6. The maximum Gasteiger partial charge on any atom is 0.411 e. The number of aromatic nitrogens is 10. The van der Waals surface area contributed by atoms with Crippen molar-refractivity contribution < 1.29 is 38.1 Å². The number of hydrogen-bond donors (Lipinski definition) is 2. The Balaban J connectivity index is 0.000000187. The molecule has 0 radical (unpaired) electrons. The molecule has 22 nitrogen and oxygen atoms in total. The molecule has 0 saturated carbocycles. The number of nitrogens with zero attached hydrogens (tertiary/aromatic N) is 12. The van der Waals surface area contributed by atoms with Gasteiger partial charge in [-0.25, -0.2) is 29.1 Å². The molecule has 4 atom stereocenters. The van der Waals surface area contributed by atoms with Crippen LogP contribution in [0.1, 0.15) is 75.2 Å². The van der Waals surface area contributed by atoms with E-state index in [1.54, 1.807) is 76.1 Å². The van der Waals surface area contributed by atoms with Crippen molar-refractivity contribution in [1.82, 2.24) is 58.6 Å². The molecule has 9 rings (SSSR count). The number of hydrogen-bond acceptors (Lipinski definition) is 16. The average Bonchev–Trinajstić information content (AvgIpc) is 4.17. The summed E-state index contributed by atoms with van der Waals surface area (Å²) in [6, 6.07) is 11.5. The first-order valence-corrected chi connectivity index (χ1v) is 22.4. The van der Waals surface area contributed by atoms with Gasteiger partial charge in [-0.2, -0.15) is 29.4 Å². The number of amides is 2. The second kappa shape index (κ2) is 19.7. The number of benzene rings is 1. The second-order valence-electron chi connectivity index (χ2n) is 18.1. The fourth-order valence-corrected chi connectivity index (χ4v) is 8.67. The Kier molecular flexibility index (Phi) is 13.5. The predicted octanol–water partition coefficient (Wildman–Crippen LogP) is 5.14. The molecule has 22 heteroatoms. The minimum atomic E-state index is -0.725. The van der Waals surface area contributed by atoms with Crippen LogP contribution in [0.15, 0.2) is 79.6 Å². The monoisotopic (exact) mass is 944 g/mol.